The van der Waals surface area contributed by atoms with Crippen molar-refractivity contribution in [1.82, 2.24) is 0 Å². The van der Waals surface area contributed by atoms with Crippen molar-refractivity contribution >= 4 is 17.3 Å². The summed E-state index contributed by atoms with van der Waals surface area (Å²) in [6, 6.07) is 10.4. The molecule has 104 valence electrons. The standard InChI is InChI=1S/C14H11ClFNO3/c15-8-10-5-12(16)7-13(6-10)20-9-11-3-1-2-4-14(11)17(18)19/h1-7H,8-9H2. The summed E-state index contributed by atoms with van der Waals surface area (Å²) in [6.45, 7) is -0.0116. The minimum Gasteiger partial charge on any atom is -0.489 e. The lowest BCUT2D eigenvalue weighted by molar-refractivity contribution is -0.385. The number of nitrogens with zero attached hydrogens (tertiary/aromatic N) is 1. The molecule has 0 aliphatic carbocycles. The van der Waals surface area contributed by atoms with Crippen LogP contribution in [0.5, 0.6) is 5.75 Å². The van der Waals surface area contributed by atoms with Crippen molar-refractivity contribution in [2.75, 3.05) is 0 Å². The molecule has 0 saturated carbocycles. The van der Waals surface area contributed by atoms with E-state index < -0.39 is 10.7 Å². The first-order valence-electron chi connectivity index (χ1n) is 5.80. The van der Waals surface area contributed by atoms with Crippen LogP contribution in [0, 0.1) is 15.9 Å². The summed E-state index contributed by atoms with van der Waals surface area (Å²) in [5.41, 5.74) is 0.986. The number of hydrogen-bond acceptors (Lipinski definition) is 3. The van der Waals surface area contributed by atoms with E-state index in [9.17, 15) is 14.5 Å². The fraction of sp³-hybridized carbons (Fsp3) is 0.143. The van der Waals surface area contributed by atoms with Crippen molar-refractivity contribution in [2.45, 2.75) is 12.5 Å². The molecule has 0 aliphatic rings. The predicted molar refractivity (Wildman–Crippen MR) is 73.4 cm³/mol. The van der Waals surface area contributed by atoms with Gasteiger partial charge in [-0.2, -0.15) is 0 Å². The zero-order chi connectivity index (χ0) is 14.5. The Balaban J connectivity index is 2.17. The lowest BCUT2D eigenvalue weighted by atomic mass is 10.2. The number of ether oxygens (including phenoxy) is 1. The van der Waals surface area contributed by atoms with Crippen LogP contribution in [-0.4, -0.2) is 4.92 Å². The SMILES string of the molecule is O=[N+]([O-])c1ccccc1COc1cc(F)cc(CCl)c1. The van der Waals surface area contributed by atoms with E-state index in [4.69, 9.17) is 16.3 Å². The largest absolute Gasteiger partial charge is 0.489 e. The van der Waals surface area contributed by atoms with Gasteiger partial charge in [0.15, 0.2) is 0 Å². The normalized spacial score (nSPS) is 10.3. The van der Waals surface area contributed by atoms with Gasteiger partial charge in [0.25, 0.3) is 5.69 Å². The van der Waals surface area contributed by atoms with Crippen molar-refractivity contribution < 1.29 is 14.1 Å². The highest BCUT2D eigenvalue weighted by atomic mass is 35.5. The van der Waals surface area contributed by atoms with E-state index in [0.717, 1.165) is 0 Å². The molecule has 0 fully saturated rings. The zero-order valence-corrected chi connectivity index (χ0v) is 11.1. The van der Waals surface area contributed by atoms with E-state index in [1.807, 2.05) is 0 Å². The molecule has 0 amide bonds. The average molecular weight is 296 g/mol. The van der Waals surface area contributed by atoms with Crippen LogP contribution in [-0.2, 0) is 12.5 Å². The van der Waals surface area contributed by atoms with Gasteiger partial charge in [-0.1, -0.05) is 12.1 Å². The van der Waals surface area contributed by atoms with Crippen LogP contribution >= 0.6 is 11.6 Å². The van der Waals surface area contributed by atoms with Gasteiger partial charge in [0.05, 0.1) is 10.5 Å². The Hall–Kier alpha value is -2.14. The number of benzene rings is 2. The van der Waals surface area contributed by atoms with E-state index in [0.29, 0.717) is 16.9 Å². The maximum atomic E-state index is 13.3. The third-order valence-corrected chi connectivity index (χ3v) is 2.98. The van der Waals surface area contributed by atoms with Crippen molar-refractivity contribution in [2.24, 2.45) is 0 Å². The van der Waals surface area contributed by atoms with Gasteiger partial charge in [0.1, 0.15) is 18.2 Å². The second-order valence-corrected chi connectivity index (χ2v) is 4.37. The first kappa shape index (κ1) is 14.3. The molecule has 2 rings (SSSR count). The van der Waals surface area contributed by atoms with E-state index in [2.05, 4.69) is 0 Å². The Morgan fingerprint density at radius 1 is 1.25 bits per heavy atom. The van der Waals surface area contributed by atoms with Crippen molar-refractivity contribution in [3.63, 3.8) is 0 Å². The van der Waals surface area contributed by atoms with Crippen LogP contribution in [0.2, 0.25) is 0 Å². The van der Waals surface area contributed by atoms with Crippen LogP contribution in [0.3, 0.4) is 0 Å². The average Bonchev–Trinajstić information content (AvgIpc) is 2.44. The van der Waals surface area contributed by atoms with E-state index in [1.165, 1.54) is 18.2 Å². The zero-order valence-electron chi connectivity index (χ0n) is 10.4. The van der Waals surface area contributed by atoms with E-state index in [-0.39, 0.29) is 18.2 Å². The molecular formula is C14H11ClFNO3. The van der Waals surface area contributed by atoms with Gasteiger partial charge in [0, 0.05) is 18.0 Å². The number of para-hydroxylation sites is 1. The molecular weight excluding hydrogens is 285 g/mol. The Labute approximate surface area is 119 Å². The Kier molecular flexibility index (Phi) is 4.53. The number of halogens is 2. The molecule has 0 spiro atoms. The maximum Gasteiger partial charge on any atom is 0.276 e. The quantitative estimate of drug-likeness (QED) is 0.475. The van der Waals surface area contributed by atoms with Gasteiger partial charge in [0.2, 0.25) is 0 Å². The molecule has 0 aromatic heterocycles. The van der Waals surface area contributed by atoms with Crippen LogP contribution in [0.25, 0.3) is 0 Å². The lowest BCUT2D eigenvalue weighted by Gasteiger charge is -2.08. The molecule has 2 aromatic carbocycles. The Bertz CT molecular complexity index is 634. The van der Waals surface area contributed by atoms with E-state index in [1.54, 1.807) is 24.3 Å². The van der Waals surface area contributed by atoms with Gasteiger partial charge in [-0.05, 0) is 23.8 Å². The smallest absolute Gasteiger partial charge is 0.276 e. The monoisotopic (exact) mass is 295 g/mol. The highest BCUT2D eigenvalue weighted by Gasteiger charge is 2.13. The molecule has 0 atom stereocenters. The number of nitro groups is 1. The second-order valence-electron chi connectivity index (χ2n) is 4.10. The first-order chi connectivity index (χ1) is 9.60. The Morgan fingerprint density at radius 2 is 2.00 bits per heavy atom. The second kappa shape index (κ2) is 6.34. The van der Waals surface area contributed by atoms with Gasteiger partial charge in [-0.25, -0.2) is 4.39 Å². The first-order valence-corrected chi connectivity index (χ1v) is 6.34. The molecule has 0 bridgehead atoms. The summed E-state index contributed by atoms with van der Waals surface area (Å²) in [7, 11) is 0. The molecule has 20 heavy (non-hydrogen) atoms. The fourth-order valence-electron chi connectivity index (χ4n) is 1.75. The summed E-state index contributed by atoms with van der Waals surface area (Å²) >= 11 is 5.64. The van der Waals surface area contributed by atoms with Crippen molar-refractivity contribution in [3.05, 3.63) is 69.5 Å². The molecule has 4 nitrogen and oxygen atoms in total. The van der Waals surface area contributed by atoms with Crippen LogP contribution < -0.4 is 4.74 Å². The summed E-state index contributed by atoms with van der Waals surface area (Å²) in [5, 5.41) is 10.9. The number of rotatable bonds is 5. The number of nitro benzene ring substituents is 1. The highest BCUT2D eigenvalue weighted by molar-refractivity contribution is 6.17. The van der Waals surface area contributed by atoms with Crippen LogP contribution in [0.15, 0.2) is 42.5 Å². The molecule has 0 saturated heterocycles. The third-order valence-electron chi connectivity index (χ3n) is 2.67. The third kappa shape index (κ3) is 3.45. The molecule has 0 heterocycles. The summed E-state index contributed by atoms with van der Waals surface area (Å²) < 4.78 is 18.7. The molecule has 6 heteroatoms. The van der Waals surface area contributed by atoms with Gasteiger partial charge in [-0.3, -0.25) is 10.1 Å². The highest BCUT2D eigenvalue weighted by Crippen LogP contribution is 2.22. The topological polar surface area (TPSA) is 52.4 Å². The number of alkyl halides is 1. The maximum absolute atomic E-state index is 13.3. The van der Waals surface area contributed by atoms with E-state index >= 15 is 0 Å². The number of hydrogen-bond donors (Lipinski definition) is 0. The molecule has 0 aliphatic heterocycles. The van der Waals surface area contributed by atoms with Gasteiger partial charge < -0.3 is 4.74 Å². The minimum atomic E-state index is -0.478. The minimum absolute atomic E-state index is 0.0116. The summed E-state index contributed by atoms with van der Waals surface area (Å²) in [4.78, 5) is 10.4. The molecule has 0 N–H and O–H groups in total. The van der Waals surface area contributed by atoms with Crippen LogP contribution in [0.1, 0.15) is 11.1 Å². The molecule has 0 unspecified atom stereocenters. The van der Waals surface area contributed by atoms with Gasteiger partial charge >= 0.3 is 0 Å². The Morgan fingerprint density at radius 3 is 2.70 bits per heavy atom. The summed E-state index contributed by atoms with van der Waals surface area (Å²) in [5.74, 6) is -0.000844. The predicted octanol–water partition coefficient (Wildman–Crippen LogP) is 4.05. The van der Waals surface area contributed by atoms with Crippen molar-refractivity contribution in [3.8, 4) is 5.75 Å². The summed E-state index contributed by atoms with van der Waals surface area (Å²) in [6.07, 6.45) is 0. The van der Waals surface area contributed by atoms with Crippen molar-refractivity contribution in [1.29, 1.82) is 0 Å². The fourth-order valence-corrected chi connectivity index (χ4v) is 1.91. The molecule has 2 aromatic rings. The lowest BCUT2D eigenvalue weighted by Crippen LogP contribution is -2.01. The van der Waals surface area contributed by atoms with Crippen LogP contribution in [0.4, 0.5) is 10.1 Å². The molecule has 0 radical (unpaired) electrons. The van der Waals surface area contributed by atoms with Gasteiger partial charge in [-0.15, -0.1) is 11.6 Å².